The van der Waals surface area contributed by atoms with Crippen molar-refractivity contribution in [3.05, 3.63) is 29.4 Å². The van der Waals surface area contributed by atoms with Gasteiger partial charge >= 0.3 is 0 Å². The van der Waals surface area contributed by atoms with Gasteiger partial charge in [-0.1, -0.05) is 6.08 Å². The minimum atomic E-state index is 0.0437. The van der Waals surface area contributed by atoms with Crippen molar-refractivity contribution in [2.24, 2.45) is 5.92 Å². The van der Waals surface area contributed by atoms with Crippen LogP contribution in [0.4, 0.5) is 11.5 Å². The molecule has 1 fully saturated rings. The highest BCUT2D eigenvalue weighted by Gasteiger charge is 2.30. The van der Waals surface area contributed by atoms with Gasteiger partial charge in [-0.25, -0.2) is 4.98 Å². The fourth-order valence-corrected chi connectivity index (χ4v) is 2.05. The third-order valence-corrected chi connectivity index (χ3v) is 3.06. The number of halogens is 1. The van der Waals surface area contributed by atoms with Gasteiger partial charge in [0.25, 0.3) is 0 Å². The van der Waals surface area contributed by atoms with Gasteiger partial charge in [0, 0.05) is 18.9 Å². The third-order valence-electron chi connectivity index (χ3n) is 2.62. The summed E-state index contributed by atoms with van der Waals surface area (Å²) < 4.78 is 0.673. The van der Waals surface area contributed by atoms with E-state index in [4.69, 9.17) is 5.73 Å². The summed E-state index contributed by atoms with van der Waals surface area (Å²) >= 11 is 3.27. The summed E-state index contributed by atoms with van der Waals surface area (Å²) in [5.74, 6) is 0.763. The molecule has 0 radical (unpaired) electrons. The summed E-state index contributed by atoms with van der Waals surface area (Å²) in [6.07, 6.45) is 2.28. The van der Waals surface area contributed by atoms with Crippen LogP contribution in [-0.4, -0.2) is 17.4 Å². The van der Waals surface area contributed by atoms with Gasteiger partial charge in [0.05, 0.1) is 5.69 Å². The van der Waals surface area contributed by atoms with Crippen molar-refractivity contribution < 1.29 is 4.79 Å². The topological polar surface area (TPSA) is 59.2 Å². The Hall–Kier alpha value is -1.36. The first-order valence-corrected chi connectivity index (χ1v) is 5.76. The second-order valence-electron chi connectivity index (χ2n) is 3.75. The molecule has 1 aliphatic heterocycles. The Morgan fingerprint density at radius 1 is 1.62 bits per heavy atom. The van der Waals surface area contributed by atoms with Crippen molar-refractivity contribution in [1.82, 2.24) is 4.98 Å². The van der Waals surface area contributed by atoms with Gasteiger partial charge in [0.15, 0.2) is 5.82 Å². The number of nitrogen functional groups attached to an aromatic ring is 1. The van der Waals surface area contributed by atoms with Crippen LogP contribution in [0.5, 0.6) is 0 Å². The zero-order chi connectivity index (χ0) is 11.7. The Balaban J connectivity index is 2.34. The standard InChI is InChI=1S/C11H12BrN3O/c1-2-7-5-10(16)15(6-7)11-8(13)3-4-9(12)14-11/h2-4,7H,1,5-6,13H2. The average molecular weight is 282 g/mol. The second-order valence-corrected chi connectivity index (χ2v) is 4.56. The Labute approximate surface area is 102 Å². The van der Waals surface area contributed by atoms with Gasteiger partial charge in [-0.3, -0.25) is 9.69 Å². The molecule has 5 heteroatoms. The quantitative estimate of drug-likeness (QED) is 0.666. The van der Waals surface area contributed by atoms with Crippen LogP contribution in [0.25, 0.3) is 0 Å². The van der Waals surface area contributed by atoms with Crippen LogP contribution in [-0.2, 0) is 4.79 Å². The first kappa shape index (κ1) is 11.1. The van der Waals surface area contributed by atoms with Gasteiger partial charge < -0.3 is 5.73 Å². The summed E-state index contributed by atoms with van der Waals surface area (Å²) in [5, 5.41) is 0. The van der Waals surface area contributed by atoms with Crippen molar-refractivity contribution in [3.63, 3.8) is 0 Å². The third kappa shape index (κ3) is 1.95. The molecule has 2 heterocycles. The predicted molar refractivity (Wildman–Crippen MR) is 67.0 cm³/mol. The highest BCUT2D eigenvalue weighted by molar-refractivity contribution is 9.10. The Morgan fingerprint density at radius 2 is 2.38 bits per heavy atom. The van der Waals surface area contributed by atoms with E-state index in [1.807, 2.05) is 0 Å². The number of nitrogens with zero attached hydrogens (tertiary/aromatic N) is 2. The summed E-state index contributed by atoms with van der Waals surface area (Å²) in [6.45, 7) is 4.31. The molecule has 1 amide bonds. The lowest BCUT2D eigenvalue weighted by molar-refractivity contribution is -0.117. The molecule has 0 bridgehead atoms. The molecule has 1 aromatic rings. The van der Waals surface area contributed by atoms with Crippen molar-refractivity contribution in [3.8, 4) is 0 Å². The molecule has 2 N–H and O–H groups in total. The van der Waals surface area contributed by atoms with E-state index >= 15 is 0 Å². The molecule has 2 rings (SSSR count). The maximum atomic E-state index is 11.8. The number of hydrogen-bond donors (Lipinski definition) is 1. The number of amides is 1. The number of carbonyl (C=O) groups excluding carboxylic acids is 1. The molecule has 1 aliphatic rings. The number of pyridine rings is 1. The molecule has 1 saturated heterocycles. The number of rotatable bonds is 2. The molecule has 84 valence electrons. The van der Waals surface area contributed by atoms with E-state index in [2.05, 4.69) is 27.5 Å². The molecule has 16 heavy (non-hydrogen) atoms. The van der Waals surface area contributed by atoms with E-state index in [0.29, 0.717) is 29.1 Å². The van der Waals surface area contributed by atoms with Crippen molar-refractivity contribution in [1.29, 1.82) is 0 Å². The second kappa shape index (κ2) is 4.25. The van der Waals surface area contributed by atoms with Crippen molar-refractivity contribution >= 4 is 33.3 Å². The molecule has 0 aromatic carbocycles. The summed E-state index contributed by atoms with van der Waals surface area (Å²) in [5.41, 5.74) is 6.33. The van der Waals surface area contributed by atoms with E-state index in [-0.39, 0.29) is 11.8 Å². The minimum Gasteiger partial charge on any atom is -0.396 e. The van der Waals surface area contributed by atoms with E-state index in [0.717, 1.165) is 0 Å². The van der Waals surface area contributed by atoms with Gasteiger partial charge in [0.2, 0.25) is 5.91 Å². The van der Waals surface area contributed by atoms with Crippen LogP contribution in [0.2, 0.25) is 0 Å². The molecule has 4 nitrogen and oxygen atoms in total. The molecule has 1 aromatic heterocycles. The normalized spacial score (nSPS) is 20.2. The molecule has 0 saturated carbocycles. The first-order chi connectivity index (χ1) is 7.61. The van der Waals surface area contributed by atoms with Crippen LogP contribution in [0.3, 0.4) is 0 Å². The van der Waals surface area contributed by atoms with E-state index in [1.165, 1.54) is 0 Å². The van der Waals surface area contributed by atoms with Gasteiger partial charge in [0.1, 0.15) is 4.60 Å². The molecule has 0 spiro atoms. The molecule has 1 atom stereocenters. The lowest BCUT2D eigenvalue weighted by Gasteiger charge is -2.17. The van der Waals surface area contributed by atoms with Crippen molar-refractivity contribution in [2.45, 2.75) is 6.42 Å². The van der Waals surface area contributed by atoms with Crippen molar-refractivity contribution in [2.75, 3.05) is 17.2 Å². The first-order valence-electron chi connectivity index (χ1n) is 4.96. The van der Waals surface area contributed by atoms with Crippen LogP contribution in [0.1, 0.15) is 6.42 Å². The summed E-state index contributed by atoms with van der Waals surface area (Å²) in [4.78, 5) is 17.6. The number of nitrogens with two attached hydrogens (primary N) is 1. The predicted octanol–water partition coefficient (Wildman–Crippen LogP) is 1.97. The minimum absolute atomic E-state index is 0.0437. The molecular formula is C11H12BrN3O. The number of hydrogen-bond acceptors (Lipinski definition) is 3. The SMILES string of the molecule is C=CC1CC(=O)N(c2nc(Br)ccc2N)C1. The highest BCUT2D eigenvalue weighted by Crippen LogP contribution is 2.29. The zero-order valence-electron chi connectivity index (χ0n) is 8.69. The summed E-state index contributed by atoms with van der Waals surface area (Å²) in [7, 11) is 0. The van der Waals surface area contributed by atoms with Gasteiger partial charge in [-0.15, -0.1) is 6.58 Å². The maximum absolute atomic E-state index is 11.8. The zero-order valence-corrected chi connectivity index (χ0v) is 10.3. The van der Waals surface area contributed by atoms with Crippen LogP contribution < -0.4 is 10.6 Å². The highest BCUT2D eigenvalue weighted by atomic mass is 79.9. The monoisotopic (exact) mass is 281 g/mol. The number of anilines is 2. The van der Waals surface area contributed by atoms with Crippen LogP contribution in [0.15, 0.2) is 29.4 Å². The van der Waals surface area contributed by atoms with Crippen LogP contribution >= 0.6 is 15.9 Å². The van der Waals surface area contributed by atoms with Gasteiger partial charge in [-0.05, 0) is 28.1 Å². The fourth-order valence-electron chi connectivity index (χ4n) is 1.75. The lowest BCUT2D eigenvalue weighted by Crippen LogP contribution is -2.26. The Morgan fingerprint density at radius 3 is 3.00 bits per heavy atom. The number of carbonyl (C=O) groups is 1. The van der Waals surface area contributed by atoms with Gasteiger partial charge in [-0.2, -0.15) is 0 Å². The number of aromatic nitrogens is 1. The maximum Gasteiger partial charge on any atom is 0.228 e. The van der Waals surface area contributed by atoms with E-state index in [1.54, 1.807) is 23.1 Å². The summed E-state index contributed by atoms with van der Waals surface area (Å²) in [6, 6.07) is 3.49. The Bertz CT molecular complexity index is 447. The smallest absolute Gasteiger partial charge is 0.228 e. The average Bonchev–Trinajstić information content (AvgIpc) is 2.63. The molecular weight excluding hydrogens is 270 g/mol. The largest absolute Gasteiger partial charge is 0.396 e. The van der Waals surface area contributed by atoms with E-state index < -0.39 is 0 Å². The molecule has 0 aliphatic carbocycles. The fraction of sp³-hybridized carbons (Fsp3) is 0.273. The lowest BCUT2D eigenvalue weighted by atomic mass is 10.1. The molecule has 1 unspecified atom stereocenters. The Kier molecular flexibility index (Phi) is 2.96. The van der Waals surface area contributed by atoms with Crippen LogP contribution in [0, 0.1) is 5.92 Å². The van der Waals surface area contributed by atoms with E-state index in [9.17, 15) is 4.79 Å².